The third kappa shape index (κ3) is 4.21. The smallest absolute Gasteiger partial charge is 0.263 e. The Hall–Kier alpha value is -1.19. The largest absolute Gasteiger partial charge is 0.386 e. The monoisotopic (exact) mass is 422 g/mol. The van der Waals surface area contributed by atoms with Gasteiger partial charge in [-0.15, -0.1) is 17.9 Å². The molecule has 0 amide bonds. The van der Waals surface area contributed by atoms with Gasteiger partial charge in [-0.25, -0.2) is 4.98 Å². The molecule has 28 heavy (non-hydrogen) atoms. The topological polar surface area (TPSA) is 68.8 Å². The molecule has 152 valence electrons. The quantitative estimate of drug-likeness (QED) is 0.394. The van der Waals surface area contributed by atoms with E-state index in [1.807, 2.05) is 0 Å². The minimum atomic E-state index is -0.431. The Morgan fingerprint density at radius 2 is 2.14 bits per heavy atom. The van der Waals surface area contributed by atoms with Crippen LogP contribution in [0.4, 0.5) is 0 Å². The predicted molar refractivity (Wildman–Crippen MR) is 114 cm³/mol. The first kappa shape index (κ1) is 20.1. The highest BCUT2D eigenvalue weighted by Crippen LogP contribution is 2.34. The van der Waals surface area contributed by atoms with Crippen molar-refractivity contribution in [3.05, 3.63) is 33.4 Å². The van der Waals surface area contributed by atoms with Gasteiger partial charge >= 0.3 is 0 Å². The molecule has 0 bridgehead atoms. The molecule has 1 fully saturated rings. The van der Waals surface area contributed by atoms with E-state index in [0.717, 1.165) is 55.8 Å². The lowest BCUT2D eigenvalue weighted by Crippen LogP contribution is -3.15. The lowest BCUT2D eigenvalue weighted by molar-refractivity contribution is -0.910. The third-order valence-electron chi connectivity index (χ3n) is 5.48. The summed E-state index contributed by atoms with van der Waals surface area (Å²) >= 11 is 3.15. The van der Waals surface area contributed by atoms with Crippen LogP contribution in [0.5, 0.6) is 0 Å². The molecule has 1 aliphatic carbocycles. The number of hydrogen-bond acceptors (Lipinski definition) is 6. The molecule has 0 aromatic carbocycles. The fourth-order valence-corrected chi connectivity index (χ4v) is 6.29. The van der Waals surface area contributed by atoms with Crippen LogP contribution < -0.4 is 10.5 Å². The zero-order valence-corrected chi connectivity index (χ0v) is 17.7. The lowest BCUT2D eigenvalue weighted by Gasteiger charge is -2.25. The molecule has 1 saturated heterocycles. The molecule has 6 nitrogen and oxygen atoms in total. The van der Waals surface area contributed by atoms with Gasteiger partial charge in [0.2, 0.25) is 0 Å². The maximum absolute atomic E-state index is 13.2. The second-order valence-corrected chi connectivity index (χ2v) is 9.59. The summed E-state index contributed by atoms with van der Waals surface area (Å²) in [6, 6.07) is 0. The number of allylic oxidation sites excluding steroid dienone is 1. The number of hydrogen-bond donors (Lipinski definition) is 2. The molecule has 0 saturated carbocycles. The van der Waals surface area contributed by atoms with E-state index >= 15 is 0 Å². The van der Waals surface area contributed by atoms with Crippen LogP contribution in [-0.4, -0.2) is 59.4 Å². The van der Waals surface area contributed by atoms with Crippen LogP contribution >= 0.6 is 23.1 Å². The predicted octanol–water partition coefficient (Wildman–Crippen LogP) is 0.891. The van der Waals surface area contributed by atoms with E-state index in [4.69, 9.17) is 9.72 Å². The Labute approximate surface area is 173 Å². The maximum atomic E-state index is 13.2. The van der Waals surface area contributed by atoms with Crippen LogP contribution in [0.2, 0.25) is 0 Å². The number of aryl methyl sites for hydroxylation is 2. The molecule has 2 N–H and O–H groups in total. The average molecular weight is 423 g/mol. The molecule has 0 spiro atoms. The first-order valence-electron chi connectivity index (χ1n) is 10.1. The average Bonchev–Trinajstić information content (AvgIpc) is 3.08. The van der Waals surface area contributed by atoms with Crippen molar-refractivity contribution in [2.24, 2.45) is 0 Å². The number of quaternary nitrogens is 1. The fraction of sp³-hybridized carbons (Fsp3) is 0.600. The highest BCUT2D eigenvalue weighted by molar-refractivity contribution is 7.99. The Bertz CT molecular complexity index is 902. The van der Waals surface area contributed by atoms with Gasteiger partial charge in [-0.3, -0.25) is 9.36 Å². The van der Waals surface area contributed by atoms with Crippen molar-refractivity contribution in [3.63, 3.8) is 0 Å². The van der Waals surface area contributed by atoms with Crippen molar-refractivity contribution in [2.75, 3.05) is 38.6 Å². The van der Waals surface area contributed by atoms with Crippen molar-refractivity contribution in [3.8, 4) is 0 Å². The summed E-state index contributed by atoms with van der Waals surface area (Å²) in [6.07, 6.45) is 5.69. The zero-order valence-electron chi connectivity index (χ0n) is 16.1. The normalized spacial score (nSPS) is 18.9. The maximum Gasteiger partial charge on any atom is 0.263 e. The number of rotatable bonds is 7. The molecule has 2 aliphatic rings. The minimum absolute atomic E-state index is 0.0418. The number of aliphatic hydroxyl groups excluding tert-OH is 1. The van der Waals surface area contributed by atoms with Crippen molar-refractivity contribution in [2.45, 2.75) is 43.5 Å². The van der Waals surface area contributed by atoms with Gasteiger partial charge in [-0.1, -0.05) is 17.8 Å². The van der Waals surface area contributed by atoms with E-state index in [-0.39, 0.29) is 5.56 Å². The molecular formula is C20H28N3O3S2+. The fourth-order valence-electron chi connectivity index (χ4n) is 4.05. The van der Waals surface area contributed by atoms with Gasteiger partial charge in [-0.2, -0.15) is 0 Å². The van der Waals surface area contributed by atoms with E-state index < -0.39 is 6.10 Å². The van der Waals surface area contributed by atoms with E-state index in [1.54, 1.807) is 22.0 Å². The van der Waals surface area contributed by atoms with Crippen molar-refractivity contribution >= 4 is 33.3 Å². The number of nitrogens with zero attached hydrogens (tertiary/aromatic N) is 2. The molecule has 0 unspecified atom stereocenters. The van der Waals surface area contributed by atoms with Crippen molar-refractivity contribution in [1.29, 1.82) is 0 Å². The Balaban J connectivity index is 1.56. The van der Waals surface area contributed by atoms with Gasteiger partial charge in [0.1, 0.15) is 30.6 Å². The van der Waals surface area contributed by atoms with Gasteiger partial charge in [0, 0.05) is 17.2 Å². The van der Waals surface area contributed by atoms with E-state index in [2.05, 4.69) is 6.58 Å². The molecular weight excluding hydrogens is 394 g/mol. The first-order chi connectivity index (χ1) is 13.7. The van der Waals surface area contributed by atoms with E-state index in [1.165, 1.54) is 33.5 Å². The minimum Gasteiger partial charge on any atom is -0.386 e. The Kier molecular flexibility index (Phi) is 6.52. The van der Waals surface area contributed by atoms with Crippen LogP contribution in [0, 0.1) is 0 Å². The van der Waals surface area contributed by atoms with Gasteiger partial charge in [-0.05, 0) is 31.2 Å². The standard InChI is InChI=1S/C20H27N3O3S2/c1-2-7-23-19(25)17-15-5-3-4-6-16(15)28-18(17)21-20(23)27-13-14(24)12-22-8-10-26-11-9-22/h2,14,24H,1,3-13H2/p+1/t14-/m0/s1. The molecule has 0 radical (unpaired) electrons. The number of ether oxygens (including phenoxy) is 1. The molecule has 3 heterocycles. The van der Waals surface area contributed by atoms with Crippen LogP contribution in [0.1, 0.15) is 23.3 Å². The molecule has 2 aromatic heterocycles. The second kappa shape index (κ2) is 9.09. The van der Waals surface area contributed by atoms with Gasteiger partial charge < -0.3 is 14.7 Å². The van der Waals surface area contributed by atoms with E-state index in [9.17, 15) is 9.90 Å². The van der Waals surface area contributed by atoms with Gasteiger partial charge in [0.15, 0.2) is 5.16 Å². The van der Waals surface area contributed by atoms with Crippen LogP contribution in [0.25, 0.3) is 10.2 Å². The number of morpholine rings is 1. The summed E-state index contributed by atoms with van der Waals surface area (Å²) in [5.41, 5.74) is 1.26. The van der Waals surface area contributed by atoms with Crippen LogP contribution in [0.3, 0.4) is 0 Å². The summed E-state index contributed by atoms with van der Waals surface area (Å²) in [5, 5.41) is 12.0. The molecule has 2 aromatic rings. The number of fused-ring (bicyclic) bond motifs is 3. The first-order valence-corrected chi connectivity index (χ1v) is 11.9. The third-order valence-corrected chi connectivity index (χ3v) is 7.79. The van der Waals surface area contributed by atoms with E-state index in [0.29, 0.717) is 24.0 Å². The van der Waals surface area contributed by atoms with Crippen molar-refractivity contribution < 1.29 is 14.7 Å². The molecule has 4 rings (SSSR count). The number of aromatic nitrogens is 2. The zero-order chi connectivity index (χ0) is 19.5. The number of nitrogens with one attached hydrogen (secondary N) is 1. The number of thioether (sulfide) groups is 1. The van der Waals surface area contributed by atoms with Crippen LogP contribution in [0.15, 0.2) is 22.6 Å². The van der Waals surface area contributed by atoms with Gasteiger partial charge in [0.25, 0.3) is 5.56 Å². The number of aliphatic hydroxyl groups is 1. The summed E-state index contributed by atoms with van der Waals surface area (Å²) in [5.74, 6) is 0.532. The van der Waals surface area contributed by atoms with Gasteiger partial charge in [0.05, 0.1) is 18.6 Å². The summed E-state index contributed by atoms with van der Waals surface area (Å²) in [7, 11) is 0. The highest BCUT2D eigenvalue weighted by Gasteiger charge is 2.23. The summed E-state index contributed by atoms with van der Waals surface area (Å²) in [4.78, 5) is 21.6. The molecule has 1 aliphatic heterocycles. The van der Waals surface area contributed by atoms with Crippen LogP contribution in [-0.2, 0) is 24.1 Å². The Morgan fingerprint density at radius 3 is 2.93 bits per heavy atom. The SMILES string of the molecule is C=CCn1c(SC[C@@H](O)C[NH+]2CCOCC2)nc2sc3c(c2c1=O)CCCC3. The Morgan fingerprint density at radius 1 is 1.36 bits per heavy atom. The number of thiophene rings is 1. The highest BCUT2D eigenvalue weighted by atomic mass is 32.2. The summed E-state index contributed by atoms with van der Waals surface area (Å²) < 4.78 is 7.10. The lowest BCUT2D eigenvalue weighted by atomic mass is 9.97. The van der Waals surface area contributed by atoms with Crippen molar-refractivity contribution in [1.82, 2.24) is 9.55 Å². The second-order valence-electron chi connectivity index (χ2n) is 7.52. The summed E-state index contributed by atoms with van der Waals surface area (Å²) in [6.45, 7) is 8.35. The molecule has 1 atom stereocenters. The molecule has 8 heteroatoms.